The van der Waals surface area contributed by atoms with Gasteiger partial charge in [0.25, 0.3) is 5.91 Å². The second-order valence-corrected chi connectivity index (χ2v) is 6.31. The summed E-state index contributed by atoms with van der Waals surface area (Å²) in [5.74, 6) is 1.02. The van der Waals surface area contributed by atoms with Crippen molar-refractivity contribution >= 4 is 5.91 Å². The summed E-state index contributed by atoms with van der Waals surface area (Å²) >= 11 is 0. The van der Waals surface area contributed by atoms with E-state index in [1.54, 1.807) is 0 Å². The summed E-state index contributed by atoms with van der Waals surface area (Å²) in [4.78, 5) is 11.8. The lowest BCUT2D eigenvalue weighted by molar-refractivity contribution is -0.671. The number of ether oxygens (including phenoxy) is 2. The van der Waals surface area contributed by atoms with Gasteiger partial charge in [0.15, 0.2) is 18.1 Å². The molecule has 0 radical (unpaired) electrons. The zero-order chi connectivity index (χ0) is 17.3. The number of aliphatic hydroxyl groups excluding tert-OH is 1. The monoisotopic (exact) mass is 325 g/mol. The highest BCUT2D eigenvalue weighted by Crippen LogP contribution is 2.28. The Bertz CT molecular complexity index is 498. The van der Waals surface area contributed by atoms with Crippen LogP contribution >= 0.6 is 0 Å². The molecule has 0 atom stereocenters. The smallest absolute Gasteiger partial charge is 0.258 e. The van der Waals surface area contributed by atoms with E-state index >= 15 is 0 Å². The van der Waals surface area contributed by atoms with E-state index in [0.29, 0.717) is 24.7 Å². The van der Waals surface area contributed by atoms with Crippen molar-refractivity contribution in [2.75, 3.05) is 26.4 Å². The van der Waals surface area contributed by atoms with E-state index in [1.165, 1.54) is 0 Å². The molecule has 0 saturated carbocycles. The molecule has 0 aliphatic heterocycles. The molecule has 0 aliphatic rings. The summed E-state index contributed by atoms with van der Waals surface area (Å²) in [6.45, 7) is 9.72. The van der Waals surface area contributed by atoms with Crippen molar-refractivity contribution in [3.05, 3.63) is 23.8 Å². The third-order valence-electron chi connectivity index (χ3n) is 2.89. The quantitative estimate of drug-likeness (QED) is 0.575. The number of hydrogen-bond acceptors (Lipinski definition) is 4. The molecule has 4 N–H and O–H groups in total. The van der Waals surface area contributed by atoms with Crippen LogP contribution in [0.15, 0.2) is 18.2 Å². The van der Waals surface area contributed by atoms with Gasteiger partial charge in [-0.05, 0) is 45.9 Å². The summed E-state index contributed by atoms with van der Waals surface area (Å²) in [6.07, 6.45) is 0. The van der Waals surface area contributed by atoms with Crippen LogP contribution in [0.4, 0.5) is 0 Å². The van der Waals surface area contributed by atoms with Gasteiger partial charge in [0, 0.05) is 11.1 Å². The molecule has 0 spiro atoms. The summed E-state index contributed by atoms with van der Waals surface area (Å²) in [5, 5.41) is 13.7. The molecular weight excluding hydrogens is 296 g/mol. The Kier molecular flexibility index (Phi) is 7.85. The molecule has 1 rings (SSSR count). The Morgan fingerprint density at radius 2 is 2.00 bits per heavy atom. The molecule has 1 aromatic rings. The fourth-order valence-corrected chi connectivity index (χ4v) is 2.02. The van der Waals surface area contributed by atoms with Gasteiger partial charge in [-0.1, -0.05) is 0 Å². The molecule has 6 heteroatoms. The minimum absolute atomic E-state index is 0.0483. The van der Waals surface area contributed by atoms with Crippen molar-refractivity contribution in [2.24, 2.45) is 0 Å². The van der Waals surface area contributed by atoms with Gasteiger partial charge in [-0.2, -0.15) is 0 Å². The number of nitrogens with two attached hydrogens (primary N) is 1. The van der Waals surface area contributed by atoms with Crippen LogP contribution in [0, 0.1) is 0 Å². The lowest BCUT2D eigenvalue weighted by Gasteiger charge is -2.20. The molecule has 0 aromatic heterocycles. The van der Waals surface area contributed by atoms with Crippen molar-refractivity contribution in [1.82, 2.24) is 5.32 Å². The summed E-state index contributed by atoms with van der Waals surface area (Å²) in [6, 6.07) is 5.67. The number of benzene rings is 1. The van der Waals surface area contributed by atoms with Crippen LogP contribution in [0.2, 0.25) is 0 Å². The summed E-state index contributed by atoms with van der Waals surface area (Å²) in [5.41, 5.74) is 0.795. The highest BCUT2D eigenvalue weighted by Gasteiger charge is 2.15. The van der Waals surface area contributed by atoms with Crippen molar-refractivity contribution in [3.63, 3.8) is 0 Å². The zero-order valence-electron chi connectivity index (χ0n) is 14.5. The van der Waals surface area contributed by atoms with Gasteiger partial charge in [-0.15, -0.1) is 0 Å². The van der Waals surface area contributed by atoms with Gasteiger partial charge in [-0.25, -0.2) is 0 Å². The number of nitrogens with one attached hydrogen (secondary N) is 1. The molecule has 0 bridgehead atoms. The predicted molar refractivity (Wildman–Crippen MR) is 88.6 cm³/mol. The van der Waals surface area contributed by atoms with Crippen LogP contribution in [-0.2, 0) is 11.3 Å². The molecule has 0 heterocycles. The van der Waals surface area contributed by atoms with Gasteiger partial charge >= 0.3 is 0 Å². The van der Waals surface area contributed by atoms with E-state index in [-0.39, 0.29) is 24.7 Å². The van der Waals surface area contributed by atoms with Gasteiger partial charge in [0.1, 0.15) is 6.54 Å². The number of hydrogen-bond donors (Lipinski definition) is 3. The Balaban J connectivity index is 2.67. The molecule has 1 amide bonds. The number of carbonyl (C=O) groups is 1. The normalized spacial score (nSPS) is 11.2. The van der Waals surface area contributed by atoms with Gasteiger partial charge in [0.2, 0.25) is 0 Å². The van der Waals surface area contributed by atoms with Crippen molar-refractivity contribution in [1.29, 1.82) is 0 Å². The minimum Gasteiger partial charge on any atom is -0.490 e. The van der Waals surface area contributed by atoms with Crippen molar-refractivity contribution in [2.45, 2.75) is 39.8 Å². The Morgan fingerprint density at radius 3 is 2.61 bits per heavy atom. The van der Waals surface area contributed by atoms with Crippen LogP contribution in [0.3, 0.4) is 0 Å². The van der Waals surface area contributed by atoms with Crippen molar-refractivity contribution < 1.29 is 24.7 Å². The summed E-state index contributed by atoms with van der Waals surface area (Å²) in [7, 11) is 0. The van der Waals surface area contributed by atoms with E-state index in [1.807, 2.05) is 51.2 Å². The fourth-order valence-electron chi connectivity index (χ4n) is 2.02. The van der Waals surface area contributed by atoms with E-state index in [0.717, 1.165) is 12.1 Å². The maximum Gasteiger partial charge on any atom is 0.258 e. The standard InChI is InChI=1S/C17H28N2O4/c1-5-22-15-10-13(11-18-8-9-20)6-7-14(15)23-12-16(21)19-17(2,3)4/h6-7,10,18,20H,5,8-9,11-12H2,1-4H3,(H,19,21)/p+1. The second-order valence-electron chi connectivity index (χ2n) is 6.31. The molecule has 1 aromatic carbocycles. The average molecular weight is 325 g/mol. The Labute approximate surface area is 138 Å². The van der Waals surface area contributed by atoms with Crippen molar-refractivity contribution in [3.8, 4) is 11.5 Å². The predicted octanol–water partition coefficient (Wildman–Crippen LogP) is 0.435. The fraction of sp³-hybridized carbons (Fsp3) is 0.588. The van der Waals surface area contributed by atoms with E-state index < -0.39 is 0 Å². The molecule has 0 unspecified atom stereocenters. The highest BCUT2D eigenvalue weighted by atomic mass is 16.5. The number of amides is 1. The van der Waals surface area contributed by atoms with Gasteiger partial charge in [-0.3, -0.25) is 4.79 Å². The van der Waals surface area contributed by atoms with E-state index in [4.69, 9.17) is 14.6 Å². The zero-order valence-corrected chi connectivity index (χ0v) is 14.5. The summed E-state index contributed by atoms with van der Waals surface area (Å²) < 4.78 is 11.2. The Morgan fingerprint density at radius 1 is 1.26 bits per heavy atom. The molecule has 23 heavy (non-hydrogen) atoms. The molecule has 0 saturated heterocycles. The number of rotatable bonds is 9. The maximum absolute atomic E-state index is 11.8. The van der Waals surface area contributed by atoms with Gasteiger partial charge < -0.3 is 25.2 Å². The minimum atomic E-state index is -0.282. The Hall–Kier alpha value is -1.79. The molecule has 0 fully saturated rings. The first-order chi connectivity index (χ1) is 10.9. The van der Waals surface area contributed by atoms with Crippen LogP contribution in [-0.4, -0.2) is 42.9 Å². The lowest BCUT2D eigenvalue weighted by Crippen LogP contribution is -2.83. The van der Waals surface area contributed by atoms with Gasteiger partial charge in [0.05, 0.1) is 19.8 Å². The maximum atomic E-state index is 11.8. The largest absolute Gasteiger partial charge is 0.490 e. The molecule has 130 valence electrons. The average Bonchev–Trinajstić information content (AvgIpc) is 2.45. The second kappa shape index (κ2) is 9.37. The van der Waals surface area contributed by atoms with E-state index in [9.17, 15) is 4.79 Å². The first-order valence-electron chi connectivity index (χ1n) is 7.97. The lowest BCUT2D eigenvalue weighted by atomic mass is 10.1. The van der Waals surface area contributed by atoms with Crippen LogP contribution in [0.5, 0.6) is 11.5 Å². The number of aliphatic hydroxyl groups is 1. The highest BCUT2D eigenvalue weighted by molar-refractivity contribution is 5.78. The molecular formula is C17H29N2O4+. The van der Waals surface area contributed by atoms with Crippen LogP contribution < -0.4 is 20.1 Å². The SMILES string of the molecule is CCOc1cc(C[NH2+]CCO)ccc1OCC(=O)NC(C)(C)C. The van der Waals surface area contributed by atoms with E-state index in [2.05, 4.69) is 5.32 Å². The number of quaternary nitrogens is 1. The molecule has 6 nitrogen and oxygen atoms in total. The third-order valence-corrected chi connectivity index (χ3v) is 2.89. The first kappa shape index (κ1) is 19.3. The number of carbonyl (C=O) groups excluding carboxylic acids is 1. The third kappa shape index (κ3) is 7.85. The topological polar surface area (TPSA) is 84.4 Å². The molecule has 0 aliphatic carbocycles. The van der Waals surface area contributed by atoms with Crippen LogP contribution in [0.1, 0.15) is 33.3 Å². The first-order valence-corrected chi connectivity index (χ1v) is 7.97. The van der Waals surface area contributed by atoms with Crippen LogP contribution in [0.25, 0.3) is 0 Å².